The maximum Gasteiger partial charge on any atom is 0.110 e. The summed E-state index contributed by atoms with van der Waals surface area (Å²) in [5, 5.41) is 3.84. The first-order valence-electron chi connectivity index (χ1n) is 5.15. The largest absolute Gasteiger partial charge is 0.316 e. The van der Waals surface area contributed by atoms with E-state index in [4.69, 9.17) is 11.6 Å². The molecule has 0 radical (unpaired) electrons. The van der Waals surface area contributed by atoms with E-state index in [1.165, 1.54) is 5.56 Å². The Hall–Kier alpha value is -1.32. The summed E-state index contributed by atoms with van der Waals surface area (Å²) in [7, 11) is 1.92. The summed E-state index contributed by atoms with van der Waals surface area (Å²) >= 11 is 6.25. The van der Waals surface area contributed by atoms with Crippen LogP contribution in [0.25, 0.3) is 5.69 Å². The Morgan fingerprint density at radius 1 is 1.44 bits per heavy atom. The van der Waals surface area contributed by atoms with E-state index in [2.05, 4.69) is 16.4 Å². The summed E-state index contributed by atoms with van der Waals surface area (Å²) in [6.45, 7) is 2.78. The third-order valence-corrected chi connectivity index (χ3v) is 2.78. The molecule has 2 rings (SSSR count). The molecule has 0 unspecified atom stereocenters. The zero-order valence-corrected chi connectivity index (χ0v) is 10.1. The number of halogens is 1. The van der Waals surface area contributed by atoms with Gasteiger partial charge in [-0.3, -0.25) is 0 Å². The molecule has 3 nitrogen and oxygen atoms in total. The molecule has 0 bridgehead atoms. The van der Waals surface area contributed by atoms with Gasteiger partial charge in [0.05, 0.1) is 10.7 Å². The van der Waals surface area contributed by atoms with Gasteiger partial charge in [0.15, 0.2) is 0 Å². The van der Waals surface area contributed by atoms with E-state index in [1.807, 2.05) is 36.9 Å². The number of nitrogens with zero attached hydrogens (tertiary/aromatic N) is 2. The standard InChI is InChI=1S/C12H14ClN3/c1-9-15-5-6-16(9)12-4-3-10(8-14-2)7-11(12)13/h3-7,14H,8H2,1-2H3. The topological polar surface area (TPSA) is 29.9 Å². The number of hydrogen-bond donors (Lipinski definition) is 1. The molecule has 84 valence electrons. The molecule has 0 saturated heterocycles. The van der Waals surface area contributed by atoms with Crippen molar-refractivity contribution in [2.75, 3.05) is 7.05 Å². The van der Waals surface area contributed by atoms with Crippen molar-refractivity contribution in [3.8, 4) is 5.69 Å². The van der Waals surface area contributed by atoms with Gasteiger partial charge < -0.3 is 9.88 Å². The second kappa shape index (κ2) is 4.68. The SMILES string of the molecule is CNCc1ccc(-n2ccnc2C)c(Cl)c1. The number of benzene rings is 1. The van der Waals surface area contributed by atoms with Crippen molar-refractivity contribution in [1.29, 1.82) is 0 Å². The summed E-state index contributed by atoms with van der Waals surface area (Å²) in [5.41, 5.74) is 2.14. The molecule has 0 amide bonds. The van der Waals surface area contributed by atoms with E-state index < -0.39 is 0 Å². The van der Waals surface area contributed by atoms with Crippen LogP contribution in [0.5, 0.6) is 0 Å². The fourth-order valence-electron chi connectivity index (χ4n) is 1.69. The van der Waals surface area contributed by atoms with Gasteiger partial charge in [-0.2, -0.15) is 0 Å². The zero-order valence-electron chi connectivity index (χ0n) is 9.37. The van der Waals surface area contributed by atoms with Gasteiger partial charge >= 0.3 is 0 Å². The van der Waals surface area contributed by atoms with Crippen molar-refractivity contribution in [2.45, 2.75) is 13.5 Å². The Morgan fingerprint density at radius 3 is 2.81 bits per heavy atom. The molecule has 1 heterocycles. The summed E-state index contributed by atoms with van der Waals surface area (Å²) in [6, 6.07) is 6.06. The molecule has 1 aromatic carbocycles. The van der Waals surface area contributed by atoms with Crippen molar-refractivity contribution >= 4 is 11.6 Å². The van der Waals surface area contributed by atoms with Crippen molar-refractivity contribution in [1.82, 2.24) is 14.9 Å². The second-order valence-electron chi connectivity index (χ2n) is 3.66. The van der Waals surface area contributed by atoms with Gasteiger partial charge in [-0.1, -0.05) is 17.7 Å². The summed E-state index contributed by atoms with van der Waals surface area (Å²) in [6.07, 6.45) is 3.68. The Balaban J connectivity index is 2.40. The number of aromatic nitrogens is 2. The average Bonchev–Trinajstić information content (AvgIpc) is 2.65. The minimum atomic E-state index is 0.744. The lowest BCUT2D eigenvalue weighted by Gasteiger charge is -2.09. The van der Waals surface area contributed by atoms with Gasteiger partial charge in [0.1, 0.15) is 5.82 Å². The van der Waals surface area contributed by atoms with E-state index in [-0.39, 0.29) is 0 Å². The van der Waals surface area contributed by atoms with Crippen LogP contribution in [0, 0.1) is 6.92 Å². The van der Waals surface area contributed by atoms with Crippen LogP contribution in [0.2, 0.25) is 5.02 Å². The molecule has 0 aliphatic heterocycles. The first-order chi connectivity index (χ1) is 7.72. The quantitative estimate of drug-likeness (QED) is 0.886. The van der Waals surface area contributed by atoms with Crippen LogP contribution < -0.4 is 5.32 Å². The maximum atomic E-state index is 6.25. The first-order valence-corrected chi connectivity index (χ1v) is 5.53. The van der Waals surface area contributed by atoms with Crippen LogP contribution in [-0.2, 0) is 6.54 Å². The molecule has 4 heteroatoms. The van der Waals surface area contributed by atoms with Gasteiger partial charge in [-0.15, -0.1) is 0 Å². The van der Waals surface area contributed by atoms with Gasteiger partial charge in [0, 0.05) is 18.9 Å². The molecule has 2 aromatic rings. The Morgan fingerprint density at radius 2 is 2.25 bits per heavy atom. The number of rotatable bonds is 3. The van der Waals surface area contributed by atoms with Crippen LogP contribution in [0.4, 0.5) is 0 Å². The van der Waals surface area contributed by atoms with Crippen molar-refractivity contribution in [3.05, 3.63) is 47.0 Å². The minimum Gasteiger partial charge on any atom is -0.316 e. The Kier molecular flexibility index (Phi) is 3.27. The third kappa shape index (κ3) is 2.10. The molecular weight excluding hydrogens is 222 g/mol. The molecule has 0 aliphatic carbocycles. The summed E-state index contributed by atoms with van der Waals surface area (Å²) in [5.74, 6) is 0.934. The first kappa shape index (κ1) is 11.2. The van der Waals surface area contributed by atoms with E-state index in [1.54, 1.807) is 6.20 Å². The average molecular weight is 236 g/mol. The fraction of sp³-hybridized carbons (Fsp3) is 0.250. The molecule has 0 atom stereocenters. The van der Waals surface area contributed by atoms with Crippen LogP contribution in [0.15, 0.2) is 30.6 Å². The third-order valence-electron chi connectivity index (χ3n) is 2.48. The highest BCUT2D eigenvalue weighted by Crippen LogP contribution is 2.22. The van der Waals surface area contributed by atoms with E-state index >= 15 is 0 Å². The van der Waals surface area contributed by atoms with Crippen molar-refractivity contribution in [3.63, 3.8) is 0 Å². The summed E-state index contributed by atoms with van der Waals surface area (Å²) in [4.78, 5) is 4.18. The van der Waals surface area contributed by atoms with Crippen LogP contribution in [0.3, 0.4) is 0 Å². The maximum absolute atomic E-state index is 6.25. The highest BCUT2D eigenvalue weighted by Gasteiger charge is 2.05. The predicted molar refractivity (Wildman–Crippen MR) is 66.1 cm³/mol. The van der Waals surface area contributed by atoms with Crippen LogP contribution in [-0.4, -0.2) is 16.6 Å². The summed E-state index contributed by atoms with van der Waals surface area (Å²) < 4.78 is 1.98. The molecule has 16 heavy (non-hydrogen) atoms. The second-order valence-corrected chi connectivity index (χ2v) is 4.07. The monoisotopic (exact) mass is 235 g/mol. The molecule has 0 fully saturated rings. The number of imidazole rings is 1. The van der Waals surface area contributed by atoms with E-state index in [9.17, 15) is 0 Å². The van der Waals surface area contributed by atoms with Crippen molar-refractivity contribution in [2.24, 2.45) is 0 Å². The highest BCUT2D eigenvalue weighted by molar-refractivity contribution is 6.32. The lowest BCUT2D eigenvalue weighted by Crippen LogP contribution is -2.05. The van der Waals surface area contributed by atoms with Crippen LogP contribution in [0.1, 0.15) is 11.4 Å². The van der Waals surface area contributed by atoms with E-state index in [0.29, 0.717) is 0 Å². The number of hydrogen-bond acceptors (Lipinski definition) is 2. The molecule has 1 aromatic heterocycles. The fourth-order valence-corrected chi connectivity index (χ4v) is 1.99. The Bertz CT molecular complexity index is 491. The van der Waals surface area contributed by atoms with Gasteiger partial charge in [0.2, 0.25) is 0 Å². The minimum absolute atomic E-state index is 0.744. The molecule has 0 aliphatic rings. The smallest absolute Gasteiger partial charge is 0.110 e. The lowest BCUT2D eigenvalue weighted by atomic mass is 10.2. The van der Waals surface area contributed by atoms with Gasteiger partial charge in [-0.05, 0) is 31.7 Å². The zero-order chi connectivity index (χ0) is 11.5. The van der Waals surface area contributed by atoms with Gasteiger partial charge in [0.25, 0.3) is 0 Å². The number of nitrogens with one attached hydrogen (secondary N) is 1. The molecule has 1 N–H and O–H groups in total. The molecule has 0 spiro atoms. The normalized spacial score (nSPS) is 10.7. The van der Waals surface area contributed by atoms with Crippen molar-refractivity contribution < 1.29 is 0 Å². The highest BCUT2D eigenvalue weighted by atomic mass is 35.5. The number of aryl methyl sites for hydroxylation is 1. The lowest BCUT2D eigenvalue weighted by molar-refractivity contribution is 0.817. The Labute approximate surface area is 100 Å². The van der Waals surface area contributed by atoms with E-state index in [0.717, 1.165) is 23.1 Å². The van der Waals surface area contributed by atoms with Crippen LogP contribution >= 0.6 is 11.6 Å². The predicted octanol–water partition coefficient (Wildman–Crippen LogP) is 2.55. The molecular formula is C12H14ClN3. The molecule has 0 saturated carbocycles. The van der Waals surface area contributed by atoms with Gasteiger partial charge in [-0.25, -0.2) is 4.98 Å².